The third kappa shape index (κ3) is 5.10. The largest absolute Gasteiger partial charge is 0.481 e. The molecule has 0 saturated carbocycles. The molecule has 0 aliphatic rings. The van der Waals surface area contributed by atoms with Gasteiger partial charge in [0.25, 0.3) is 5.91 Å². The van der Waals surface area contributed by atoms with Crippen LogP contribution in [0.25, 0.3) is 0 Å². The lowest BCUT2D eigenvalue weighted by Crippen LogP contribution is -2.41. The van der Waals surface area contributed by atoms with Gasteiger partial charge in [-0.2, -0.15) is 0 Å². The minimum Gasteiger partial charge on any atom is -0.481 e. The molecular formula is C15H17NO5. The predicted octanol–water partition coefficient (Wildman–Crippen LogP) is 1.46. The van der Waals surface area contributed by atoms with Crippen LogP contribution in [0.5, 0.6) is 0 Å². The standard InChI is InChI=1S/C15H17NO5/c1-2-5-10-6-3-4-7-11(10)14(19)16-12(15(20)21)8-9-13(17)18/h2-4,6-7,12H,1,5,8-9H2,(H,16,19)(H,17,18)(H,20,21)/t12-/m0/s1. The Morgan fingerprint density at radius 3 is 2.48 bits per heavy atom. The quantitative estimate of drug-likeness (QED) is 0.629. The van der Waals surface area contributed by atoms with Gasteiger partial charge in [-0.1, -0.05) is 24.3 Å². The third-order valence-corrected chi connectivity index (χ3v) is 2.88. The summed E-state index contributed by atoms with van der Waals surface area (Å²) < 4.78 is 0. The molecule has 0 heterocycles. The summed E-state index contributed by atoms with van der Waals surface area (Å²) in [6, 6.07) is 5.56. The maximum absolute atomic E-state index is 12.1. The summed E-state index contributed by atoms with van der Waals surface area (Å²) >= 11 is 0. The van der Waals surface area contributed by atoms with E-state index in [1.165, 1.54) is 0 Å². The van der Waals surface area contributed by atoms with Crippen LogP contribution in [0.4, 0.5) is 0 Å². The van der Waals surface area contributed by atoms with Gasteiger partial charge in [-0.3, -0.25) is 9.59 Å². The average Bonchev–Trinajstić information content (AvgIpc) is 2.43. The molecule has 6 heteroatoms. The Morgan fingerprint density at radius 2 is 1.90 bits per heavy atom. The molecule has 1 rings (SSSR count). The molecule has 0 aliphatic heterocycles. The van der Waals surface area contributed by atoms with E-state index in [1.807, 2.05) is 0 Å². The molecule has 0 aliphatic carbocycles. The summed E-state index contributed by atoms with van der Waals surface area (Å²) in [7, 11) is 0. The van der Waals surface area contributed by atoms with Crippen molar-refractivity contribution in [1.29, 1.82) is 0 Å². The SMILES string of the molecule is C=CCc1ccccc1C(=O)N[C@@H](CCC(=O)O)C(=O)O. The number of carboxylic acids is 2. The number of rotatable bonds is 8. The highest BCUT2D eigenvalue weighted by atomic mass is 16.4. The molecule has 21 heavy (non-hydrogen) atoms. The Bertz CT molecular complexity index is 553. The van der Waals surface area contributed by atoms with Crippen LogP contribution in [0, 0.1) is 0 Å². The molecule has 0 fully saturated rings. The number of carbonyl (C=O) groups is 3. The summed E-state index contributed by atoms with van der Waals surface area (Å²) in [5.41, 5.74) is 1.09. The second-order valence-corrected chi connectivity index (χ2v) is 4.45. The van der Waals surface area contributed by atoms with Gasteiger partial charge in [0.15, 0.2) is 0 Å². The topological polar surface area (TPSA) is 104 Å². The number of benzene rings is 1. The highest BCUT2D eigenvalue weighted by molar-refractivity contribution is 5.98. The first-order chi connectivity index (χ1) is 9.95. The molecule has 0 saturated heterocycles. The Balaban J connectivity index is 2.84. The normalized spacial score (nSPS) is 11.4. The van der Waals surface area contributed by atoms with Gasteiger partial charge in [-0.25, -0.2) is 4.79 Å². The number of aliphatic carboxylic acids is 2. The second-order valence-electron chi connectivity index (χ2n) is 4.45. The van der Waals surface area contributed by atoms with E-state index in [0.29, 0.717) is 12.0 Å². The first-order valence-electron chi connectivity index (χ1n) is 6.40. The van der Waals surface area contributed by atoms with Gasteiger partial charge in [0, 0.05) is 12.0 Å². The molecule has 3 N–H and O–H groups in total. The number of carbonyl (C=O) groups excluding carboxylic acids is 1. The average molecular weight is 291 g/mol. The number of amides is 1. The van der Waals surface area contributed by atoms with E-state index in [0.717, 1.165) is 5.56 Å². The van der Waals surface area contributed by atoms with Crippen LogP contribution >= 0.6 is 0 Å². The first kappa shape index (κ1) is 16.4. The van der Waals surface area contributed by atoms with Gasteiger partial charge in [0.1, 0.15) is 6.04 Å². The lowest BCUT2D eigenvalue weighted by Gasteiger charge is -2.15. The molecule has 1 aromatic rings. The fourth-order valence-corrected chi connectivity index (χ4v) is 1.84. The van der Waals surface area contributed by atoms with Crippen LogP contribution in [0.15, 0.2) is 36.9 Å². The molecule has 0 unspecified atom stereocenters. The van der Waals surface area contributed by atoms with E-state index in [4.69, 9.17) is 10.2 Å². The third-order valence-electron chi connectivity index (χ3n) is 2.88. The van der Waals surface area contributed by atoms with E-state index in [2.05, 4.69) is 11.9 Å². The molecule has 112 valence electrons. The van der Waals surface area contributed by atoms with Gasteiger partial charge < -0.3 is 15.5 Å². The van der Waals surface area contributed by atoms with Crippen LogP contribution in [0.2, 0.25) is 0 Å². The predicted molar refractivity (Wildman–Crippen MR) is 76.1 cm³/mol. The number of hydrogen-bond acceptors (Lipinski definition) is 3. The van der Waals surface area contributed by atoms with Crippen molar-refractivity contribution in [2.75, 3.05) is 0 Å². The van der Waals surface area contributed by atoms with Crippen molar-refractivity contribution in [1.82, 2.24) is 5.32 Å². The maximum atomic E-state index is 12.1. The van der Waals surface area contributed by atoms with Gasteiger partial charge in [-0.15, -0.1) is 6.58 Å². The second kappa shape index (κ2) is 7.84. The van der Waals surface area contributed by atoms with E-state index in [-0.39, 0.29) is 12.8 Å². The van der Waals surface area contributed by atoms with E-state index in [9.17, 15) is 14.4 Å². The fourth-order valence-electron chi connectivity index (χ4n) is 1.84. The molecule has 1 amide bonds. The Labute approximate surface area is 122 Å². The monoisotopic (exact) mass is 291 g/mol. The molecule has 1 aromatic carbocycles. The summed E-state index contributed by atoms with van der Waals surface area (Å²) in [5, 5.41) is 20.0. The van der Waals surface area contributed by atoms with Crippen LogP contribution in [-0.4, -0.2) is 34.1 Å². The number of hydrogen-bond donors (Lipinski definition) is 3. The summed E-state index contributed by atoms with van der Waals surface area (Å²) in [4.78, 5) is 33.7. The highest BCUT2D eigenvalue weighted by Gasteiger charge is 2.22. The van der Waals surface area contributed by atoms with E-state index >= 15 is 0 Å². The zero-order chi connectivity index (χ0) is 15.8. The smallest absolute Gasteiger partial charge is 0.326 e. The molecular weight excluding hydrogens is 274 g/mol. The highest BCUT2D eigenvalue weighted by Crippen LogP contribution is 2.11. The van der Waals surface area contributed by atoms with Crippen LogP contribution in [0.3, 0.4) is 0 Å². The van der Waals surface area contributed by atoms with E-state index < -0.39 is 23.9 Å². The van der Waals surface area contributed by atoms with E-state index in [1.54, 1.807) is 30.3 Å². The summed E-state index contributed by atoms with van der Waals surface area (Å²) in [6.07, 6.45) is 1.63. The molecule has 0 aromatic heterocycles. The minimum absolute atomic E-state index is 0.167. The summed E-state index contributed by atoms with van der Waals surface area (Å²) in [6.45, 7) is 3.60. The molecule has 1 atom stereocenters. The lowest BCUT2D eigenvalue weighted by atomic mass is 10.0. The number of carboxylic acid groups (broad SMARTS) is 2. The Morgan fingerprint density at radius 1 is 1.24 bits per heavy atom. The van der Waals surface area contributed by atoms with Crippen LogP contribution < -0.4 is 5.32 Å². The van der Waals surface area contributed by atoms with Crippen molar-refractivity contribution in [2.45, 2.75) is 25.3 Å². The zero-order valence-corrected chi connectivity index (χ0v) is 11.4. The van der Waals surface area contributed by atoms with Crippen molar-refractivity contribution >= 4 is 17.8 Å². The number of nitrogens with one attached hydrogen (secondary N) is 1. The molecule has 6 nitrogen and oxygen atoms in total. The van der Waals surface area contributed by atoms with Crippen LogP contribution in [-0.2, 0) is 16.0 Å². The van der Waals surface area contributed by atoms with Crippen molar-refractivity contribution in [2.24, 2.45) is 0 Å². The molecule has 0 spiro atoms. The summed E-state index contributed by atoms with van der Waals surface area (Å²) in [5.74, 6) is -2.90. The Kier molecular flexibility index (Phi) is 6.13. The maximum Gasteiger partial charge on any atom is 0.326 e. The zero-order valence-electron chi connectivity index (χ0n) is 11.4. The number of allylic oxidation sites excluding steroid dienone is 1. The van der Waals surface area contributed by atoms with Gasteiger partial charge in [-0.05, 0) is 24.5 Å². The molecule has 0 bridgehead atoms. The lowest BCUT2D eigenvalue weighted by molar-refractivity contribution is -0.140. The van der Waals surface area contributed by atoms with Crippen molar-refractivity contribution in [3.8, 4) is 0 Å². The minimum atomic E-state index is -1.26. The van der Waals surface area contributed by atoms with Crippen molar-refractivity contribution < 1.29 is 24.6 Å². The molecule has 0 radical (unpaired) electrons. The fraction of sp³-hybridized carbons (Fsp3) is 0.267. The van der Waals surface area contributed by atoms with Crippen molar-refractivity contribution in [3.63, 3.8) is 0 Å². The van der Waals surface area contributed by atoms with Gasteiger partial charge in [0.05, 0.1) is 0 Å². The first-order valence-corrected chi connectivity index (χ1v) is 6.40. The van der Waals surface area contributed by atoms with Gasteiger partial charge >= 0.3 is 11.9 Å². The van der Waals surface area contributed by atoms with Gasteiger partial charge in [0.2, 0.25) is 0 Å². The van der Waals surface area contributed by atoms with Crippen LogP contribution in [0.1, 0.15) is 28.8 Å². The van der Waals surface area contributed by atoms with Crippen molar-refractivity contribution in [3.05, 3.63) is 48.0 Å². The Hall–Kier alpha value is -2.63.